The molecule has 0 radical (unpaired) electrons. The molecule has 2 saturated heterocycles. The average molecular weight is 548 g/mol. The highest BCUT2D eigenvalue weighted by molar-refractivity contribution is 6.07. The lowest BCUT2D eigenvalue weighted by Crippen LogP contribution is -2.46. The van der Waals surface area contributed by atoms with Crippen molar-refractivity contribution in [2.45, 2.75) is 6.42 Å². The first-order valence-corrected chi connectivity index (χ1v) is 13.4. The zero-order valence-corrected chi connectivity index (χ0v) is 22.0. The van der Waals surface area contributed by atoms with Crippen LogP contribution in [-0.4, -0.2) is 79.9 Å². The molecule has 8 nitrogen and oxygen atoms in total. The monoisotopic (exact) mass is 547 g/mol. The van der Waals surface area contributed by atoms with Gasteiger partial charge in [0.2, 0.25) is 0 Å². The molecular formula is C30H31F2N5O3. The number of amides is 3. The molecule has 0 spiro atoms. The minimum atomic E-state index is -0.522. The van der Waals surface area contributed by atoms with Crippen LogP contribution in [0.1, 0.15) is 37.5 Å². The summed E-state index contributed by atoms with van der Waals surface area (Å²) >= 11 is 0. The standard InChI is InChI=1S/C30H31F2N5O3/c31-24-6-1-4-21(18-24)28(38)34-26-20-23(30(40)37-14-10-33-11-15-37)8-9-27(26)35-12-3-13-36(17-16-35)29(39)22-5-2-7-25(32)19-22/h1-2,4-9,18-20,33H,3,10-17H2,(H,34,38). The van der Waals surface area contributed by atoms with Crippen LogP contribution in [0.15, 0.2) is 66.7 Å². The fraction of sp³-hybridized carbons (Fsp3) is 0.300. The van der Waals surface area contributed by atoms with Gasteiger partial charge in [-0.3, -0.25) is 14.4 Å². The number of carbonyl (C=O) groups excluding carboxylic acids is 3. The van der Waals surface area contributed by atoms with E-state index >= 15 is 0 Å². The van der Waals surface area contributed by atoms with Crippen molar-refractivity contribution >= 4 is 29.1 Å². The predicted octanol–water partition coefficient (Wildman–Crippen LogP) is 3.62. The van der Waals surface area contributed by atoms with E-state index in [1.807, 2.05) is 0 Å². The molecule has 2 N–H and O–H groups in total. The van der Waals surface area contributed by atoms with Gasteiger partial charge in [-0.1, -0.05) is 12.1 Å². The lowest BCUT2D eigenvalue weighted by Gasteiger charge is -2.29. The van der Waals surface area contributed by atoms with E-state index in [4.69, 9.17) is 0 Å². The highest BCUT2D eigenvalue weighted by Crippen LogP contribution is 2.30. The fourth-order valence-corrected chi connectivity index (χ4v) is 5.09. The van der Waals surface area contributed by atoms with E-state index in [-0.39, 0.29) is 17.4 Å². The number of carbonyl (C=O) groups is 3. The van der Waals surface area contributed by atoms with E-state index in [1.54, 1.807) is 34.1 Å². The number of nitrogens with zero attached hydrogens (tertiary/aromatic N) is 3. The van der Waals surface area contributed by atoms with Crippen LogP contribution in [0.3, 0.4) is 0 Å². The number of piperazine rings is 1. The Morgan fingerprint density at radius 1 is 0.675 bits per heavy atom. The maximum atomic E-state index is 13.8. The van der Waals surface area contributed by atoms with Crippen molar-refractivity contribution in [3.63, 3.8) is 0 Å². The van der Waals surface area contributed by atoms with E-state index in [9.17, 15) is 23.2 Å². The topological polar surface area (TPSA) is 85.0 Å². The number of halogens is 2. The number of hydrogen-bond donors (Lipinski definition) is 2. The molecule has 40 heavy (non-hydrogen) atoms. The van der Waals surface area contributed by atoms with Crippen LogP contribution in [-0.2, 0) is 0 Å². The Balaban J connectivity index is 1.39. The molecule has 0 saturated carbocycles. The van der Waals surface area contributed by atoms with Crippen molar-refractivity contribution in [2.75, 3.05) is 62.6 Å². The molecule has 0 unspecified atom stereocenters. The predicted molar refractivity (Wildman–Crippen MR) is 149 cm³/mol. The summed E-state index contributed by atoms with van der Waals surface area (Å²) in [4.78, 5) is 44.9. The molecule has 0 aromatic heterocycles. The van der Waals surface area contributed by atoms with Gasteiger partial charge in [-0.25, -0.2) is 8.78 Å². The van der Waals surface area contributed by atoms with Crippen LogP contribution in [0.4, 0.5) is 20.2 Å². The lowest BCUT2D eigenvalue weighted by atomic mass is 10.1. The summed E-state index contributed by atoms with van der Waals surface area (Å²) in [6, 6.07) is 16.3. The summed E-state index contributed by atoms with van der Waals surface area (Å²) < 4.78 is 27.5. The summed E-state index contributed by atoms with van der Waals surface area (Å²) in [5.74, 6) is -1.84. The molecule has 2 aliphatic rings. The van der Waals surface area contributed by atoms with Gasteiger partial charge in [0.25, 0.3) is 17.7 Å². The lowest BCUT2D eigenvalue weighted by molar-refractivity contribution is 0.0734. The Labute approximate surface area is 231 Å². The van der Waals surface area contributed by atoms with E-state index in [2.05, 4.69) is 15.5 Å². The van der Waals surface area contributed by atoms with Crippen molar-refractivity contribution in [3.8, 4) is 0 Å². The number of hydrogen-bond acceptors (Lipinski definition) is 5. The molecule has 3 aromatic rings. The maximum Gasteiger partial charge on any atom is 0.255 e. The van der Waals surface area contributed by atoms with Gasteiger partial charge in [-0.2, -0.15) is 0 Å². The first kappa shape index (κ1) is 27.3. The van der Waals surface area contributed by atoms with Crippen LogP contribution >= 0.6 is 0 Å². The minimum absolute atomic E-state index is 0.128. The average Bonchev–Trinajstić information content (AvgIpc) is 3.23. The fourth-order valence-electron chi connectivity index (χ4n) is 5.09. The second-order valence-corrected chi connectivity index (χ2v) is 9.88. The zero-order valence-electron chi connectivity index (χ0n) is 22.0. The number of nitrogens with one attached hydrogen (secondary N) is 2. The molecule has 2 heterocycles. The highest BCUT2D eigenvalue weighted by atomic mass is 19.1. The third kappa shape index (κ3) is 6.28. The van der Waals surface area contributed by atoms with Crippen LogP contribution in [0.5, 0.6) is 0 Å². The Morgan fingerprint density at radius 3 is 2.00 bits per heavy atom. The molecule has 0 atom stereocenters. The van der Waals surface area contributed by atoms with E-state index in [0.29, 0.717) is 81.3 Å². The quantitative estimate of drug-likeness (QED) is 0.510. The van der Waals surface area contributed by atoms with E-state index < -0.39 is 17.5 Å². The van der Waals surface area contributed by atoms with Crippen molar-refractivity contribution in [3.05, 3.63) is 95.1 Å². The van der Waals surface area contributed by atoms with Crippen LogP contribution in [0.25, 0.3) is 0 Å². The smallest absolute Gasteiger partial charge is 0.255 e. The Bertz CT molecular complexity index is 1410. The number of benzene rings is 3. The molecule has 10 heteroatoms. The van der Waals surface area contributed by atoms with Gasteiger partial charge in [0.1, 0.15) is 11.6 Å². The van der Waals surface area contributed by atoms with Crippen molar-refractivity contribution in [2.24, 2.45) is 0 Å². The summed E-state index contributed by atoms with van der Waals surface area (Å²) in [5.41, 5.74) is 2.03. The third-order valence-electron chi connectivity index (χ3n) is 7.18. The molecule has 208 valence electrons. The second-order valence-electron chi connectivity index (χ2n) is 9.88. The van der Waals surface area contributed by atoms with E-state index in [1.165, 1.54) is 36.4 Å². The number of anilines is 2. The van der Waals surface area contributed by atoms with E-state index in [0.717, 1.165) is 6.07 Å². The van der Waals surface area contributed by atoms with Crippen LogP contribution in [0.2, 0.25) is 0 Å². The SMILES string of the molecule is O=C(Nc1cc(C(=O)N2CCNCC2)ccc1N1CCCN(C(=O)c2cccc(F)c2)CC1)c1cccc(F)c1. The van der Waals surface area contributed by atoms with Gasteiger partial charge in [-0.15, -0.1) is 0 Å². The third-order valence-corrected chi connectivity index (χ3v) is 7.18. The first-order valence-electron chi connectivity index (χ1n) is 13.4. The maximum absolute atomic E-state index is 13.8. The minimum Gasteiger partial charge on any atom is -0.368 e. The van der Waals surface area contributed by atoms with Crippen molar-refractivity contribution < 1.29 is 23.2 Å². The van der Waals surface area contributed by atoms with Gasteiger partial charge >= 0.3 is 0 Å². The molecule has 5 rings (SSSR count). The normalized spacial score (nSPS) is 15.9. The summed E-state index contributed by atoms with van der Waals surface area (Å²) in [6.45, 7) is 4.57. The highest BCUT2D eigenvalue weighted by Gasteiger charge is 2.25. The molecule has 3 aromatic carbocycles. The zero-order chi connectivity index (χ0) is 28.1. The molecular weight excluding hydrogens is 516 g/mol. The summed E-state index contributed by atoms with van der Waals surface area (Å²) in [7, 11) is 0. The Morgan fingerprint density at radius 2 is 1.30 bits per heavy atom. The molecule has 0 aliphatic carbocycles. The van der Waals surface area contributed by atoms with Gasteiger partial charge in [-0.05, 0) is 61.0 Å². The second kappa shape index (κ2) is 12.3. The largest absolute Gasteiger partial charge is 0.368 e. The summed E-state index contributed by atoms with van der Waals surface area (Å²) in [6.07, 6.45) is 0.653. The molecule has 2 aliphatic heterocycles. The Hall–Kier alpha value is -4.31. The van der Waals surface area contributed by atoms with Crippen molar-refractivity contribution in [1.82, 2.24) is 15.1 Å². The first-order chi connectivity index (χ1) is 19.4. The molecule has 3 amide bonds. The number of rotatable bonds is 5. The molecule has 2 fully saturated rings. The Kier molecular flexibility index (Phi) is 8.35. The van der Waals surface area contributed by atoms with Gasteiger partial charge in [0.05, 0.1) is 11.4 Å². The van der Waals surface area contributed by atoms with Gasteiger partial charge < -0.3 is 25.3 Å². The van der Waals surface area contributed by atoms with Crippen molar-refractivity contribution in [1.29, 1.82) is 0 Å². The molecule has 0 bridgehead atoms. The van der Waals surface area contributed by atoms with Gasteiger partial charge in [0, 0.05) is 69.0 Å². The van der Waals surface area contributed by atoms with Gasteiger partial charge in [0.15, 0.2) is 0 Å². The van der Waals surface area contributed by atoms with Crippen LogP contribution < -0.4 is 15.5 Å². The van der Waals surface area contributed by atoms with Crippen LogP contribution in [0, 0.1) is 11.6 Å². The summed E-state index contributed by atoms with van der Waals surface area (Å²) in [5, 5.41) is 6.11.